The average Bonchev–Trinajstić information content (AvgIpc) is 2.24. The first-order chi connectivity index (χ1) is 7.93. The van der Waals surface area contributed by atoms with Crippen molar-refractivity contribution >= 4 is 32.0 Å². The fourth-order valence-electron chi connectivity index (χ4n) is 1.10. The van der Waals surface area contributed by atoms with E-state index >= 15 is 0 Å². The van der Waals surface area contributed by atoms with Crippen LogP contribution in [0.5, 0.6) is 0 Å². The number of halogens is 1. The highest BCUT2D eigenvalue weighted by Crippen LogP contribution is 2.20. The third-order valence-electron chi connectivity index (χ3n) is 1.82. The molecule has 1 rings (SSSR count). The molecule has 0 aromatic heterocycles. The number of rotatable bonds is 5. The molecule has 3 N–H and O–H groups in total. The lowest BCUT2D eigenvalue weighted by Gasteiger charge is -2.08. The lowest BCUT2D eigenvalue weighted by atomic mass is 10.4. The molecule has 0 radical (unpaired) electrons. The van der Waals surface area contributed by atoms with Crippen LogP contribution in [0, 0.1) is 0 Å². The zero-order valence-corrected chi connectivity index (χ0v) is 11.1. The van der Waals surface area contributed by atoms with Crippen LogP contribution in [0.3, 0.4) is 0 Å². The second-order valence-corrected chi connectivity index (χ2v) is 5.65. The van der Waals surface area contributed by atoms with Crippen molar-refractivity contribution in [1.29, 1.82) is 0 Å². The van der Waals surface area contributed by atoms with Crippen LogP contribution in [0.1, 0.15) is 0 Å². The molecular weight excluding hydrogens is 312 g/mol. The van der Waals surface area contributed by atoms with E-state index in [1.54, 1.807) is 18.2 Å². The minimum absolute atomic E-state index is 0.00400. The molecule has 0 aliphatic rings. The predicted molar refractivity (Wildman–Crippen MR) is 65.4 cm³/mol. The fourth-order valence-corrected chi connectivity index (χ4v) is 3.13. The molecule has 6 nitrogen and oxygen atoms in total. The Morgan fingerprint density at radius 3 is 2.53 bits per heavy atom. The van der Waals surface area contributed by atoms with Gasteiger partial charge >= 0.3 is 6.09 Å². The summed E-state index contributed by atoms with van der Waals surface area (Å²) in [5.41, 5.74) is 0. The Balaban J connectivity index is 2.64. The number of hydrogen-bond donors (Lipinski definition) is 3. The minimum Gasteiger partial charge on any atom is -0.465 e. The van der Waals surface area contributed by atoms with Crippen LogP contribution in [0.2, 0.25) is 0 Å². The molecule has 1 aromatic rings. The molecule has 0 bridgehead atoms. The van der Waals surface area contributed by atoms with E-state index in [-0.39, 0.29) is 18.0 Å². The summed E-state index contributed by atoms with van der Waals surface area (Å²) in [6, 6.07) is 6.38. The van der Waals surface area contributed by atoms with Gasteiger partial charge in [-0.05, 0) is 28.1 Å². The highest BCUT2D eigenvalue weighted by molar-refractivity contribution is 9.10. The second kappa shape index (κ2) is 5.99. The van der Waals surface area contributed by atoms with Crippen LogP contribution in [0.4, 0.5) is 4.79 Å². The standard InChI is InChI=1S/C9H11BrN2O4S/c10-7-3-1-2-4-8(7)17(15,16)12-6-5-11-9(13)14/h1-4,11-12H,5-6H2,(H,13,14). The molecule has 0 unspecified atom stereocenters. The van der Waals surface area contributed by atoms with Gasteiger partial charge < -0.3 is 10.4 Å². The molecular formula is C9H11BrN2O4S. The van der Waals surface area contributed by atoms with Gasteiger partial charge in [0.15, 0.2) is 0 Å². The van der Waals surface area contributed by atoms with Gasteiger partial charge in [-0.25, -0.2) is 17.9 Å². The molecule has 0 spiro atoms. The molecule has 0 aliphatic heterocycles. The largest absolute Gasteiger partial charge is 0.465 e. The van der Waals surface area contributed by atoms with Crippen molar-refractivity contribution in [1.82, 2.24) is 10.0 Å². The monoisotopic (exact) mass is 322 g/mol. The first kappa shape index (κ1) is 13.9. The highest BCUT2D eigenvalue weighted by Gasteiger charge is 2.15. The van der Waals surface area contributed by atoms with Crippen molar-refractivity contribution in [2.75, 3.05) is 13.1 Å². The van der Waals surface area contributed by atoms with Crippen LogP contribution in [0.15, 0.2) is 33.6 Å². The Bertz CT molecular complexity index is 503. The summed E-state index contributed by atoms with van der Waals surface area (Å²) in [7, 11) is -3.62. The second-order valence-electron chi connectivity index (χ2n) is 3.06. The van der Waals surface area contributed by atoms with Crippen molar-refractivity contribution in [2.45, 2.75) is 4.90 Å². The van der Waals surface area contributed by atoms with Crippen molar-refractivity contribution in [2.24, 2.45) is 0 Å². The van der Waals surface area contributed by atoms with E-state index in [1.165, 1.54) is 6.07 Å². The molecule has 94 valence electrons. The predicted octanol–water partition coefficient (Wildman–Crippen LogP) is 0.995. The summed E-state index contributed by atoms with van der Waals surface area (Å²) >= 11 is 3.14. The van der Waals surface area contributed by atoms with Crippen molar-refractivity contribution in [3.8, 4) is 0 Å². The van der Waals surface area contributed by atoms with E-state index < -0.39 is 16.1 Å². The Morgan fingerprint density at radius 2 is 1.94 bits per heavy atom. The van der Waals surface area contributed by atoms with Gasteiger partial charge in [-0.15, -0.1) is 0 Å². The molecule has 0 atom stereocenters. The van der Waals surface area contributed by atoms with E-state index in [1.807, 2.05) is 0 Å². The number of nitrogens with one attached hydrogen (secondary N) is 2. The normalized spacial score (nSPS) is 11.1. The summed E-state index contributed by atoms with van der Waals surface area (Å²) in [5, 5.41) is 10.4. The number of sulfonamides is 1. The first-order valence-corrected chi connectivity index (χ1v) is 6.92. The van der Waals surface area contributed by atoms with Crippen LogP contribution in [-0.4, -0.2) is 32.7 Å². The molecule has 8 heteroatoms. The van der Waals surface area contributed by atoms with E-state index in [0.29, 0.717) is 4.47 Å². The van der Waals surface area contributed by atoms with E-state index in [4.69, 9.17) is 5.11 Å². The van der Waals surface area contributed by atoms with Crippen LogP contribution < -0.4 is 10.0 Å². The lowest BCUT2D eigenvalue weighted by Crippen LogP contribution is -2.34. The lowest BCUT2D eigenvalue weighted by molar-refractivity contribution is 0.194. The molecule has 0 fully saturated rings. The van der Waals surface area contributed by atoms with Gasteiger partial charge in [-0.3, -0.25) is 0 Å². The van der Waals surface area contributed by atoms with Crippen LogP contribution >= 0.6 is 15.9 Å². The highest BCUT2D eigenvalue weighted by atomic mass is 79.9. The van der Waals surface area contributed by atoms with Gasteiger partial charge in [0.05, 0.1) is 4.90 Å². The Morgan fingerprint density at radius 1 is 1.29 bits per heavy atom. The average molecular weight is 323 g/mol. The van der Waals surface area contributed by atoms with Gasteiger partial charge in [0.2, 0.25) is 10.0 Å². The van der Waals surface area contributed by atoms with Gasteiger partial charge in [0, 0.05) is 17.6 Å². The summed E-state index contributed by atoms with van der Waals surface area (Å²) < 4.78 is 26.3. The quantitative estimate of drug-likeness (QED) is 0.704. The molecule has 1 amide bonds. The van der Waals surface area contributed by atoms with Crippen LogP contribution in [-0.2, 0) is 10.0 Å². The number of carbonyl (C=O) groups is 1. The fraction of sp³-hybridized carbons (Fsp3) is 0.222. The van der Waals surface area contributed by atoms with E-state index in [0.717, 1.165) is 0 Å². The van der Waals surface area contributed by atoms with E-state index in [2.05, 4.69) is 26.0 Å². The van der Waals surface area contributed by atoms with Gasteiger partial charge in [0.25, 0.3) is 0 Å². The van der Waals surface area contributed by atoms with Gasteiger partial charge in [-0.1, -0.05) is 12.1 Å². The molecule has 0 aliphatic carbocycles. The third-order valence-corrected chi connectivity index (χ3v) is 4.29. The zero-order valence-electron chi connectivity index (χ0n) is 8.68. The Labute approximate surface area is 107 Å². The third kappa shape index (κ3) is 4.33. The van der Waals surface area contributed by atoms with E-state index in [9.17, 15) is 13.2 Å². The molecule has 0 saturated carbocycles. The Kier molecular flexibility index (Phi) is 4.91. The number of benzene rings is 1. The smallest absolute Gasteiger partial charge is 0.404 e. The molecule has 0 saturated heterocycles. The number of hydrogen-bond acceptors (Lipinski definition) is 3. The minimum atomic E-state index is -3.62. The van der Waals surface area contributed by atoms with Gasteiger partial charge in [0.1, 0.15) is 0 Å². The van der Waals surface area contributed by atoms with Crippen molar-refractivity contribution in [3.63, 3.8) is 0 Å². The molecule has 1 aromatic carbocycles. The maximum Gasteiger partial charge on any atom is 0.404 e. The van der Waals surface area contributed by atoms with Gasteiger partial charge in [-0.2, -0.15) is 0 Å². The summed E-state index contributed by atoms with van der Waals surface area (Å²) in [4.78, 5) is 10.3. The summed E-state index contributed by atoms with van der Waals surface area (Å²) in [6.07, 6.45) is -1.19. The summed E-state index contributed by atoms with van der Waals surface area (Å²) in [6.45, 7) is 0.00891. The maximum atomic E-state index is 11.8. The zero-order chi connectivity index (χ0) is 12.9. The SMILES string of the molecule is O=C(O)NCCNS(=O)(=O)c1ccccc1Br. The topological polar surface area (TPSA) is 95.5 Å². The maximum absolute atomic E-state index is 11.8. The number of carboxylic acid groups (broad SMARTS) is 1. The Hall–Kier alpha value is -1.12. The molecule has 0 heterocycles. The number of amides is 1. The summed E-state index contributed by atoms with van der Waals surface area (Å²) in [5.74, 6) is 0. The van der Waals surface area contributed by atoms with Crippen molar-refractivity contribution in [3.05, 3.63) is 28.7 Å². The molecule has 17 heavy (non-hydrogen) atoms. The first-order valence-electron chi connectivity index (χ1n) is 4.64. The van der Waals surface area contributed by atoms with Crippen LogP contribution in [0.25, 0.3) is 0 Å². The van der Waals surface area contributed by atoms with Crippen molar-refractivity contribution < 1.29 is 18.3 Å².